The van der Waals surface area contributed by atoms with Gasteiger partial charge in [0.2, 0.25) is 5.88 Å². The Balaban J connectivity index is 2.85. The van der Waals surface area contributed by atoms with E-state index in [0.29, 0.717) is 17.0 Å². The number of hydrogen-bond donors (Lipinski definition) is 1. The summed E-state index contributed by atoms with van der Waals surface area (Å²) in [5.74, 6) is -0.237. The van der Waals surface area contributed by atoms with Crippen LogP contribution in [0.15, 0.2) is 35.1 Å². The van der Waals surface area contributed by atoms with E-state index in [1.807, 2.05) is 0 Å². The second-order valence-electron chi connectivity index (χ2n) is 4.43. The van der Waals surface area contributed by atoms with Gasteiger partial charge in [0.15, 0.2) is 5.78 Å². The fraction of sp³-hybridized carbons (Fsp3) is 0.200. The Hall–Kier alpha value is -2.56. The number of rotatable bonds is 3. The maximum Gasteiger partial charge on any atom is 0.258 e. The number of nitrogens with zero attached hydrogens (tertiary/aromatic N) is 1. The monoisotopic (exact) mass is 273 g/mol. The molecule has 0 fully saturated rings. The molecule has 0 radical (unpaired) electrons. The Labute approximate surface area is 116 Å². The van der Waals surface area contributed by atoms with Crippen molar-refractivity contribution < 1.29 is 14.6 Å². The van der Waals surface area contributed by atoms with Gasteiger partial charge >= 0.3 is 0 Å². The summed E-state index contributed by atoms with van der Waals surface area (Å²) >= 11 is 0. The summed E-state index contributed by atoms with van der Waals surface area (Å²) in [6, 6.07) is 8.11. The van der Waals surface area contributed by atoms with Crippen LogP contribution >= 0.6 is 0 Å². The summed E-state index contributed by atoms with van der Waals surface area (Å²) in [7, 11) is 1.47. The van der Waals surface area contributed by atoms with E-state index in [9.17, 15) is 14.7 Å². The third kappa shape index (κ3) is 2.18. The highest BCUT2D eigenvalue weighted by Crippen LogP contribution is 2.27. The molecule has 0 aliphatic carbocycles. The number of methoxy groups -OCH3 is 1. The van der Waals surface area contributed by atoms with Crippen molar-refractivity contribution in [2.24, 2.45) is 0 Å². The topological polar surface area (TPSA) is 68.5 Å². The first-order valence-corrected chi connectivity index (χ1v) is 6.07. The minimum absolute atomic E-state index is 0.135. The zero-order valence-corrected chi connectivity index (χ0v) is 11.5. The SMILES string of the molecule is COc1ccccc1-n1c(O)c(C(C)=O)c(C)cc1=O. The van der Waals surface area contributed by atoms with Crippen LogP contribution in [0, 0.1) is 6.92 Å². The Morgan fingerprint density at radius 1 is 1.30 bits per heavy atom. The summed E-state index contributed by atoms with van der Waals surface area (Å²) in [6.07, 6.45) is 0. The second kappa shape index (κ2) is 5.21. The van der Waals surface area contributed by atoms with Crippen LogP contribution in [0.3, 0.4) is 0 Å². The molecule has 0 aliphatic heterocycles. The van der Waals surface area contributed by atoms with E-state index in [4.69, 9.17) is 4.74 Å². The van der Waals surface area contributed by atoms with Crippen LogP contribution in [0.5, 0.6) is 11.6 Å². The second-order valence-corrected chi connectivity index (χ2v) is 4.43. The summed E-state index contributed by atoms with van der Waals surface area (Å²) in [5.41, 5.74) is 0.552. The van der Waals surface area contributed by atoms with E-state index in [1.54, 1.807) is 31.2 Å². The first kappa shape index (κ1) is 13.9. The summed E-state index contributed by atoms with van der Waals surface area (Å²) in [5, 5.41) is 10.3. The van der Waals surface area contributed by atoms with E-state index in [2.05, 4.69) is 0 Å². The molecule has 0 atom stereocenters. The molecule has 0 bridgehead atoms. The molecule has 1 aromatic heterocycles. The number of aromatic nitrogens is 1. The van der Waals surface area contributed by atoms with E-state index in [0.717, 1.165) is 4.57 Å². The zero-order chi connectivity index (χ0) is 14.9. The Morgan fingerprint density at radius 3 is 2.55 bits per heavy atom. The molecule has 1 aromatic carbocycles. The zero-order valence-electron chi connectivity index (χ0n) is 11.5. The largest absolute Gasteiger partial charge is 0.495 e. The normalized spacial score (nSPS) is 10.3. The maximum absolute atomic E-state index is 12.1. The van der Waals surface area contributed by atoms with E-state index in [-0.39, 0.29) is 17.2 Å². The molecule has 0 saturated heterocycles. The van der Waals surface area contributed by atoms with Crippen molar-refractivity contribution in [2.75, 3.05) is 7.11 Å². The van der Waals surface area contributed by atoms with Crippen LogP contribution in [0.2, 0.25) is 0 Å². The van der Waals surface area contributed by atoms with Gasteiger partial charge < -0.3 is 9.84 Å². The van der Waals surface area contributed by atoms with E-state index >= 15 is 0 Å². The Kier molecular flexibility index (Phi) is 3.61. The van der Waals surface area contributed by atoms with Gasteiger partial charge in [0.25, 0.3) is 5.56 Å². The molecular formula is C15H15NO4. The van der Waals surface area contributed by atoms with Crippen LogP contribution in [-0.2, 0) is 0 Å². The van der Waals surface area contributed by atoms with Gasteiger partial charge in [-0.1, -0.05) is 12.1 Å². The maximum atomic E-state index is 12.1. The van der Waals surface area contributed by atoms with Gasteiger partial charge in [-0.15, -0.1) is 0 Å². The summed E-state index contributed by atoms with van der Waals surface area (Å²) in [4.78, 5) is 23.8. The first-order valence-electron chi connectivity index (χ1n) is 6.07. The van der Waals surface area contributed by atoms with Crippen molar-refractivity contribution in [3.05, 3.63) is 51.8 Å². The molecule has 0 amide bonds. The quantitative estimate of drug-likeness (QED) is 0.869. The number of aromatic hydroxyl groups is 1. The van der Waals surface area contributed by atoms with E-state index in [1.165, 1.54) is 20.1 Å². The minimum Gasteiger partial charge on any atom is -0.495 e. The number of ketones is 1. The average molecular weight is 273 g/mol. The van der Waals surface area contributed by atoms with Gasteiger partial charge in [0.05, 0.1) is 18.4 Å². The highest BCUT2D eigenvalue weighted by molar-refractivity contribution is 5.97. The third-order valence-corrected chi connectivity index (χ3v) is 3.07. The van der Waals surface area contributed by atoms with Crippen molar-refractivity contribution in [1.29, 1.82) is 0 Å². The van der Waals surface area contributed by atoms with E-state index < -0.39 is 5.56 Å². The molecule has 0 unspecified atom stereocenters. The molecular weight excluding hydrogens is 258 g/mol. The van der Waals surface area contributed by atoms with Gasteiger partial charge in [-0.2, -0.15) is 0 Å². The highest BCUT2D eigenvalue weighted by atomic mass is 16.5. The molecule has 1 N–H and O–H groups in total. The standard InChI is InChI=1S/C15H15NO4/c1-9-8-13(18)16(15(19)14(9)10(2)17)11-6-4-5-7-12(11)20-3/h4-8,19H,1-3H3. The number of benzene rings is 1. The molecule has 0 spiro atoms. The average Bonchev–Trinajstić information content (AvgIpc) is 2.38. The van der Waals surface area contributed by atoms with Gasteiger partial charge in [0, 0.05) is 6.07 Å². The molecule has 0 saturated carbocycles. The van der Waals surface area contributed by atoms with Crippen LogP contribution in [-0.4, -0.2) is 22.6 Å². The smallest absolute Gasteiger partial charge is 0.258 e. The van der Waals surface area contributed by atoms with Crippen LogP contribution < -0.4 is 10.3 Å². The number of carbonyl (C=O) groups is 1. The fourth-order valence-corrected chi connectivity index (χ4v) is 2.20. The lowest BCUT2D eigenvalue weighted by atomic mass is 10.1. The van der Waals surface area contributed by atoms with Crippen molar-refractivity contribution in [3.8, 4) is 17.3 Å². The number of aryl methyl sites for hydroxylation is 1. The van der Waals surface area contributed by atoms with Crippen molar-refractivity contribution in [3.63, 3.8) is 0 Å². The predicted molar refractivity (Wildman–Crippen MR) is 75.0 cm³/mol. The molecule has 5 nitrogen and oxygen atoms in total. The third-order valence-electron chi connectivity index (χ3n) is 3.07. The van der Waals surface area contributed by atoms with Gasteiger partial charge in [-0.05, 0) is 31.5 Å². The molecule has 0 aliphatic rings. The molecule has 5 heteroatoms. The summed E-state index contributed by atoms with van der Waals surface area (Å²) < 4.78 is 6.26. The van der Waals surface area contributed by atoms with Gasteiger partial charge in [-0.25, -0.2) is 4.57 Å². The van der Waals surface area contributed by atoms with Crippen LogP contribution in [0.4, 0.5) is 0 Å². The fourth-order valence-electron chi connectivity index (χ4n) is 2.20. The first-order chi connectivity index (χ1) is 9.47. The van der Waals surface area contributed by atoms with Gasteiger partial charge in [-0.3, -0.25) is 9.59 Å². The van der Waals surface area contributed by atoms with Crippen LogP contribution in [0.25, 0.3) is 5.69 Å². The number of hydrogen-bond acceptors (Lipinski definition) is 4. The molecule has 1 heterocycles. The minimum atomic E-state index is -0.422. The number of pyridine rings is 1. The number of ether oxygens (including phenoxy) is 1. The Morgan fingerprint density at radius 2 is 1.95 bits per heavy atom. The van der Waals surface area contributed by atoms with Crippen molar-refractivity contribution in [2.45, 2.75) is 13.8 Å². The highest BCUT2D eigenvalue weighted by Gasteiger charge is 2.19. The lowest BCUT2D eigenvalue weighted by Crippen LogP contribution is -2.21. The molecule has 2 aromatic rings. The number of para-hydroxylation sites is 2. The molecule has 104 valence electrons. The predicted octanol–water partition coefficient (Wildman–Crippen LogP) is 2.06. The molecule has 20 heavy (non-hydrogen) atoms. The van der Waals surface area contributed by atoms with Crippen molar-refractivity contribution in [1.82, 2.24) is 4.57 Å². The van der Waals surface area contributed by atoms with Crippen molar-refractivity contribution >= 4 is 5.78 Å². The van der Waals surface area contributed by atoms with Gasteiger partial charge in [0.1, 0.15) is 5.75 Å². The van der Waals surface area contributed by atoms with Crippen LogP contribution in [0.1, 0.15) is 22.8 Å². The number of Topliss-reactive ketones (excluding diaryl/α,β-unsaturated/α-hetero) is 1. The lowest BCUT2D eigenvalue weighted by molar-refractivity contribution is 0.101. The Bertz CT molecular complexity index is 731. The number of carbonyl (C=O) groups excluding carboxylic acids is 1. The molecule has 2 rings (SSSR count). The lowest BCUT2D eigenvalue weighted by Gasteiger charge is -2.15. The summed E-state index contributed by atoms with van der Waals surface area (Å²) in [6.45, 7) is 2.96.